The summed E-state index contributed by atoms with van der Waals surface area (Å²) in [6, 6.07) is 3.20. The van der Waals surface area contributed by atoms with Crippen molar-refractivity contribution in [1.29, 1.82) is 0 Å². The predicted molar refractivity (Wildman–Crippen MR) is 49.5 cm³/mol. The van der Waals surface area contributed by atoms with Crippen LogP contribution >= 0.6 is 0 Å². The zero-order chi connectivity index (χ0) is 9.84. The van der Waals surface area contributed by atoms with Gasteiger partial charge in [0.25, 0.3) is 0 Å². The van der Waals surface area contributed by atoms with Crippen LogP contribution in [-0.4, -0.2) is 23.8 Å². The summed E-state index contributed by atoms with van der Waals surface area (Å²) in [4.78, 5) is 4.11. The Morgan fingerprint density at radius 3 is 2.85 bits per heavy atom. The fraction of sp³-hybridized carbons (Fsp3) is 0.444. The van der Waals surface area contributed by atoms with Crippen LogP contribution in [0.3, 0.4) is 0 Å². The maximum absolute atomic E-state index is 8.86. The van der Waals surface area contributed by atoms with Gasteiger partial charge >= 0.3 is 0 Å². The van der Waals surface area contributed by atoms with Gasteiger partial charge in [-0.05, 0) is 18.6 Å². The number of aliphatic hydroxyl groups excluding tert-OH is 1. The number of pyridine rings is 1. The molecule has 0 bridgehead atoms. The summed E-state index contributed by atoms with van der Waals surface area (Å²) in [6.45, 7) is 1.78. The summed E-state index contributed by atoms with van der Waals surface area (Å²) in [5, 5.41) is 8.86. The molecule has 1 aromatic rings. The van der Waals surface area contributed by atoms with Gasteiger partial charge in [-0.3, -0.25) is 0 Å². The number of hydrogen-bond donors (Lipinski definition) is 2. The first kappa shape index (κ1) is 9.95. The first-order chi connectivity index (χ1) is 6.17. The smallest absolute Gasteiger partial charge is 0.213 e. The maximum Gasteiger partial charge on any atom is 0.213 e. The fourth-order valence-electron chi connectivity index (χ4n) is 1.09. The predicted octanol–water partition coefficient (Wildman–Crippen LogP) is 0.391. The van der Waals surface area contributed by atoms with Gasteiger partial charge in [-0.25, -0.2) is 4.98 Å². The SMILES string of the molecule is COc1cc(C(N)CO)cc(C)n1. The van der Waals surface area contributed by atoms with E-state index in [9.17, 15) is 0 Å². The number of ether oxygens (including phenoxy) is 1. The average molecular weight is 182 g/mol. The second kappa shape index (κ2) is 4.20. The Morgan fingerprint density at radius 1 is 1.62 bits per heavy atom. The molecular weight excluding hydrogens is 168 g/mol. The number of rotatable bonds is 3. The second-order valence-corrected chi connectivity index (χ2v) is 2.87. The second-order valence-electron chi connectivity index (χ2n) is 2.87. The zero-order valence-electron chi connectivity index (χ0n) is 7.82. The standard InChI is InChI=1S/C9H14N2O2/c1-6-3-7(8(10)5-12)4-9(11-6)13-2/h3-4,8,12H,5,10H2,1-2H3. The monoisotopic (exact) mass is 182 g/mol. The summed E-state index contributed by atoms with van der Waals surface area (Å²) in [5.41, 5.74) is 7.32. The topological polar surface area (TPSA) is 68.4 Å². The van der Waals surface area contributed by atoms with Gasteiger partial charge in [0.1, 0.15) is 0 Å². The van der Waals surface area contributed by atoms with Crippen LogP contribution in [0.4, 0.5) is 0 Å². The van der Waals surface area contributed by atoms with Crippen molar-refractivity contribution in [2.75, 3.05) is 13.7 Å². The molecule has 13 heavy (non-hydrogen) atoms. The lowest BCUT2D eigenvalue weighted by Gasteiger charge is -2.10. The summed E-state index contributed by atoms with van der Waals surface area (Å²) in [7, 11) is 1.55. The van der Waals surface area contributed by atoms with E-state index in [0.29, 0.717) is 5.88 Å². The molecule has 0 fully saturated rings. The minimum Gasteiger partial charge on any atom is -0.481 e. The van der Waals surface area contributed by atoms with Crippen LogP contribution in [0.5, 0.6) is 5.88 Å². The Morgan fingerprint density at radius 2 is 2.31 bits per heavy atom. The van der Waals surface area contributed by atoms with Crippen molar-refractivity contribution in [1.82, 2.24) is 4.98 Å². The van der Waals surface area contributed by atoms with Crippen LogP contribution in [0, 0.1) is 6.92 Å². The van der Waals surface area contributed by atoms with Crippen molar-refractivity contribution in [3.8, 4) is 5.88 Å². The largest absolute Gasteiger partial charge is 0.481 e. The van der Waals surface area contributed by atoms with E-state index in [-0.39, 0.29) is 12.6 Å². The third kappa shape index (κ3) is 2.40. The van der Waals surface area contributed by atoms with Gasteiger partial charge in [-0.1, -0.05) is 0 Å². The molecule has 0 aliphatic rings. The molecule has 1 aromatic heterocycles. The van der Waals surface area contributed by atoms with E-state index in [0.717, 1.165) is 11.3 Å². The van der Waals surface area contributed by atoms with Crippen LogP contribution in [-0.2, 0) is 0 Å². The minimum absolute atomic E-state index is 0.0768. The molecule has 0 radical (unpaired) electrons. The highest BCUT2D eigenvalue weighted by Crippen LogP contribution is 2.16. The molecule has 1 rings (SSSR count). The number of methoxy groups -OCH3 is 1. The lowest BCUT2D eigenvalue weighted by molar-refractivity contribution is 0.267. The number of nitrogens with two attached hydrogens (primary N) is 1. The number of hydrogen-bond acceptors (Lipinski definition) is 4. The van der Waals surface area contributed by atoms with Gasteiger partial charge in [-0.15, -0.1) is 0 Å². The summed E-state index contributed by atoms with van der Waals surface area (Å²) in [6.07, 6.45) is 0. The Kier molecular flexibility index (Phi) is 3.22. The van der Waals surface area contributed by atoms with E-state index < -0.39 is 0 Å². The molecule has 1 atom stereocenters. The van der Waals surface area contributed by atoms with E-state index in [1.807, 2.05) is 13.0 Å². The molecule has 1 heterocycles. The summed E-state index contributed by atoms with van der Waals surface area (Å²) in [5.74, 6) is 0.527. The van der Waals surface area contributed by atoms with Crippen LogP contribution in [0.1, 0.15) is 17.3 Å². The Balaban J connectivity index is 3.01. The average Bonchev–Trinajstić information content (AvgIpc) is 2.15. The number of nitrogens with zero attached hydrogens (tertiary/aromatic N) is 1. The molecule has 0 aliphatic carbocycles. The normalized spacial score (nSPS) is 12.6. The molecular formula is C9H14N2O2. The number of aromatic nitrogens is 1. The molecule has 1 unspecified atom stereocenters. The first-order valence-electron chi connectivity index (χ1n) is 4.06. The molecule has 0 amide bonds. The lowest BCUT2D eigenvalue weighted by Crippen LogP contribution is -2.15. The molecule has 0 aliphatic heterocycles. The maximum atomic E-state index is 8.86. The Bertz CT molecular complexity index is 289. The minimum atomic E-state index is -0.365. The van der Waals surface area contributed by atoms with E-state index >= 15 is 0 Å². The van der Waals surface area contributed by atoms with Gasteiger partial charge in [0.15, 0.2) is 0 Å². The van der Waals surface area contributed by atoms with E-state index in [4.69, 9.17) is 15.6 Å². The van der Waals surface area contributed by atoms with Gasteiger partial charge in [0.05, 0.1) is 19.8 Å². The molecule has 4 heteroatoms. The highest BCUT2D eigenvalue weighted by Gasteiger charge is 2.07. The zero-order valence-corrected chi connectivity index (χ0v) is 7.82. The van der Waals surface area contributed by atoms with E-state index in [1.165, 1.54) is 0 Å². The van der Waals surface area contributed by atoms with Crippen LogP contribution in [0.2, 0.25) is 0 Å². The van der Waals surface area contributed by atoms with E-state index in [1.54, 1.807) is 13.2 Å². The molecule has 0 aromatic carbocycles. The number of aryl methyl sites for hydroxylation is 1. The lowest BCUT2D eigenvalue weighted by atomic mass is 10.1. The van der Waals surface area contributed by atoms with Gasteiger partial charge < -0.3 is 15.6 Å². The van der Waals surface area contributed by atoms with Crippen LogP contribution in [0.25, 0.3) is 0 Å². The van der Waals surface area contributed by atoms with Crippen molar-refractivity contribution in [2.24, 2.45) is 5.73 Å². The van der Waals surface area contributed by atoms with Crippen LogP contribution in [0.15, 0.2) is 12.1 Å². The van der Waals surface area contributed by atoms with Crippen molar-refractivity contribution in [3.63, 3.8) is 0 Å². The summed E-state index contributed by atoms with van der Waals surface area (Å²) >= 11 is 0. The van der Waals surface area contributed by atoms with Crippen molar-refractivity contribution in [3.05, 3.63) is 23.4 Å². The summed E-state index contributed by atoms with van der Waals surface area (Å²) < 4.78 is 4.98. The van der Waals surface area contributed by atoms with Gasteiger partial charge in [-0.2, -0.15) is 0 Å². The van der Waals surface area contributed by atoms with Gasteiger partial charge in [0.2, 0.25) is 5.88 Å². The molecule has 0 saturated carbocycles. The molecule has 72 valence electrons. The number of aliphatic hydroxyl groups is 1. The van der Waals surface area contributed by atoms with E-state index in [2.05, 4.69) is 4.98 Å². The van der Waals surface area contributed by atoms with Crippen molar-refractivity contribution < 1.29 is 9.84 Å². The molecule has 3 N–H and O–H groups in total. The fourth-order valence-corrected chi connectivity index (χ4v) is 1.09. The third-order valence-corrected chi connectivity index (χ3v) is 1.79. The third-order valence-electron chi connectivity index (χ3n) is 1.79. The quantitative estimate of drug-likeness (QED) is 0.709. The van der Waals surface area contributed by atoms with Gasteiger partial charge in [0, 0.05) is 11.8 Å². The van der Waals surface area contributed by atoms with Crippen molar-refractivity contribution in [2.45, 2.75) is 13.0 Å². The molecule has 0 spiro atoms. The Labute approximate surface area is 77.4 Å². The highest BCUT2D eigenvalue weighted by atomic mass is 16.5. The molecule has 4 nitrogen and oxygen atoms in total. The van der Waals surface area contributed by atoms with Crippen LogP contribution < -0.4 is 10.5 Å². The Hall–Kier alpha value is -1.13. The van der Waals surface area contributed by atoms with Crippen molar-refractivity contribution >= 4 is 0 Å². The molecule has 0 saturated heterocycles. The first-order valence-corrected chi connectivity index (χ1v) is 4.06. The highest BCUT2D eigenvalue weighted by molar-refractivity contribution is 5.27.